The van der Waals surface area contributed by atoms with Gasteiger partial charge in [0, 0.05) is 0 Å². The Labute approximate surface area is 65.2 Å². The Kier molecular flexibility index (Phi) is 2.96. The molecule has 44 valence electrons. The minimum absolute atomic E-state index is 0.0183. The van der Waals surface area contributed by atoms with Crippen molar-refractivity contribution in [2.45, 2.75) is 2.76 Å². The number of hydrogen-bond acceptors (Lipinski definition) is 1. The van der Waals surface area contributed by atoms with E-state index in [1.807, 2.05) is 6.08 Å². The summed E-state index contributed by atoms with van der Waals surface area (Å²) in [4.78, 5) is 0. The molecule has 0 aromatic carbocycles. The predicted octanol–water partition coefficient (Wildman–Crippen LogP) is 0.881. The first-order valence-electron chi connectivity index (χ1n) is 2.37. The van der Waals surface area contributed by atoms with Gasteiger partial charge in [-0.25, -0.2) is 0 Å². The molecule has 1 aliphatic rings. The second kappa shape index (κ2) is 3.55. The monoisotopic (exact) mass is 284 g/mol. The summed E-state index contributed by atoms with van der Waals surface area (Å²) in [5.41, 5.74) is 0. The molecule has 0 saturated heterocycles. The van der Waals surface area contributed by atoms with Gasteiger partial charge < -0.3 is 0 Å². The van der Waals surface area contributed by atoms with Crippen LogP contribution in [0.5, 0.6) is 0 Å². The van der Waals surface area contributed by atoms with Gasteiger partial charge in [0.1, 0.15) is 0 Å². The van der Waals surface area contributed by atoms with E-state index in [9.17, 15) is 3.78 Å². The molecule has 0 aliphatic carbocycles. The van der Waals surface area contributed by atoms with Gasteiger partial charge in [0.2, 0.25) is 0 Å². The van der Waals surface area contributed by atoms with E-state index in [2.05, 4.69) is 16.2 Å². The number of rotatable bonds is 1. The molecule has 0 bridgehead atoms. The van der Waals surface area contributed by atoms with Gasteiger partial charge in [-0.2, -0.15) is 0 Å². The van der Waals surface area contributed by atoms with Crippen molar-refractivity contribution in [1.82, 2.24) is 0 Å². The second-order valence-corrected chi connectivity index (χ2v) is 9.77. The molecule has 0 radical (unpaired) electrons. The van der Waals surface area contributed by atoms with Crippen LogP contribution in [0.2, 0.25) is 0 Å². The molecule has 1 unspecified atom stereocenters. The van der Waals surface area contributed by atoms with E-state index in [4.69, 9.17) is 0 Å². The van der Waals surface area contributed by atoms with Crippen molar-refractivity contribution in [3.8, 4) is 0 Å². The maximum absolute atomic E-state index is 10.4. The summed E-state index contributed by atoms with van der Waals surface area (Å²) in [5, 5.41) is 0. The standard InChI is InChI=1S/C5H7GeIO/c8-6-5-3-1-2-4-7-5/h1-7H. The summed E-state index contributed by atoms with van der Waals surface area (Å²) in [7, 11) is 0. The van der Waals surface area contributed by atoms with Crippen molar-refractivity contribution >= 4 is 36.6 Å². The minimum atomic E-state index is -1.09. The van der Waals surface area contributed by atoms with Crippen LogP contribution in [-0.4, -0.2) is 18.1 Å². The molecule has 1 heterocycles. The van der Waals surface area contributed by atoms with Crippen LogP contribution in [0, 0.1) is 0 Å². The van der Waals surface area contributed by atoms with Gasteiger partial charge >= 0.3 is 65.4 Å². The predicted molar refractivity (Wildman–Crippen MR) is 45.3 cm³/mol. The van der Waals surface area contributed by atoms with Crippen molar-refractivity contribution in [1.29, 1.82) is 0 Å². The summed E-state index contributed by atoms with van der Waals surface area (Å²) in [6, 6.07) is 0. The van der Waals surface area contributed by atoms with Gasteiger partial charge in [-0.05, 0) is 0 Å². The maximum atomic E-state index is 10.4. The molecule has 0 fully saturated rings. The third-order valence-electron chi connectivity index (χ3n) is 0.860. The molecular formula is C5H7GeIO. The molecule has 1 nitrogen and oxygen atoms in total. The number of hydrogen-bond donors (Lipinski definition) is 0. The molecule has 8 heavy (non-hydrogen) atoms. The fourth-order valence-corrected chi connectivity index (χ4v) is 4.85. The Bertz CT molecular complexity index is 141. The molecule has 1 aliphatic heterocycles. The summed E-state index contributed by atoms with van der Waals surface area (Å²) >= 11 is -1.11. The van der Waals surface area contributed by atoms with E-state index in [0.717, 1.165) is 0 Å². The quantitative estimate of drug-likeness (QED) is 0.396. The van der Waals surface area contributed by atoms with Crippen molar-refractivity contribution < 1.29 is 3.78 Å². The molecule has 0 spiro atoms. The Morgan fingerprint density at radius 2 is 2.38 bits per heavy atom. The molecule has 1 atom stereocenters. The average molecular weight is 283 g/mol. The van der Waals surface area contributed by atoms with Gasteiger partial charge in [0.15, 0.2) is 0 Å². The van der Waals surface area contributed by atoms with E-state index in [-0.39, 0.29) is 21.2 Å². The first-order valence-corrected chi connectivity index (χ1v) is 7.45. The van der Waals surface area contributed by atoms with Crippen LogP contribution in [-0.2, 0) is 3.78 Å². The van der Waals surface area contributed by atoms with E-state index >= 15 is 0 Å². The van der Waals surface area contributed by atoms with E-state index in [1.54, 1.807) is 0 Å². The van der Waals surface area contributed by atoms with E-state index < -0.39 is 15.4 Å². The molecule has 0 aromatic rings. The van der Waals surface area contributed by atoms with Gasteiger partial charge in [-0.15, -0.1) is 0 Å². The van der Waals surface area contributed by atoms with Gasteiger partial charge in [-0.3, -0.25) is 0 Å². The van der Waals surface area contributed by atoms with Crippen LogP contribution in [0.3, 0.4) is 0 Å². The van der Waals surface area contributed by atoms with Crippen LogP contribution in [0.1, 0.15) is 0 Å². The average Bonchev–Trinajstić information content (AvgIpc) is 1.90. The molecule has 1 rings (SSSR count). The van der Waals surface area contributed by atoms with Crippen LogP contribution < -0.4 is 0 Å². The Balaban J connectivity index is 2.51. The van der Waals surface area contributed by atoms with Gasteiger partial charge in [-0.1, -0.05) is 0 Å². The molecule has 0 amide bonds. The topological polar surface area (TPSA) is 17.1 Å². The van der Waals surface area contributed by atoms with E-state index in [0.29, 0.717) is 2.76 Å². The normalized spacial score (nSPS) is 26.8. The molecule has 0 saturated carbocycles. The summed E-state index contributed by atoms with van der Waals surface area (Å²) in [5.74, 6) is 0. The third kappa shape index (κ3) is 1.81. The van der Waals surface area contributed by atoms with Crippen molar-refractivity contribution in [3.63, 3.8) is 0 Å². The van der Waals surface area contributed by atoms with Crippen LogP contribution in [0.4, 0.5) is 0 Å². The zero-order valence-corrected chi connectivity index (χ0v) is 9.03. The SMILES string of the molecule is [O]=[GeH][CH]1C=CC=C[IH]1. The van der Waals surface area contributed by atoms with Crippen molar-refractivity contribution in [2.24, 2.45) is 0 Å². The van der Waals surface area contributed by atoms with Crippen LogP contribution in [0.25, 0.3) is 0 Å². The van der Waals surface area contributed by atoms with Gasteiger partial charge in [0.05, 0.1) is 0 Å². The fraction of sp³-hybridized carbons (Fsp3) is 0.200. The fourth-order valence-electron chi connectivity index (χ4n) is 0.478. The zero-order chi connectivity index (χ0) is 5.82. The van der Waals surface area contributed by atoms with Crippen LogP contribution >= 0.6 is 21.2 Å². The Hall–Kier alpha value is 0.553. The number of halogens is 1. The summed E-state index contributed by atoms with van der Waals surface area (Å²) in [6.07, 6.45) is 6.16. The summed E-state index contributed by atoms with van der Waals surface area (Å²) in [6.45, 7) is 0. The second-order valence-electron chi connectivity index (χ2n) is 1.45. The Morgan fingerprint density at radius 3 is 2.75 bits per heavy atom. The molecule has 0 N–H and O–H groups in total. The Morgan fingerprint density at radius 1 is 1.50 bits per heavy atom. The first kappa shape index (κ1) is 6.67. The number of alkyl halides is 1. The van der Waals surface area contributed by atoms with Crippen LogP contribution in [0.15, 0.2) is 22.3 Å². The van der Waals surface area contributed by atoms with Crippen molar-refractivity contribution in [3.05, 3.63) is 22.3 Å². The third-order valence-corrected chi connectivity index (χ3v) is 7.99. The molecule has 0 aromatic heterocycles. The zero-order valence-electron chi connectivity index (χ0n) is 4.28. The number of allylic oxidation sites excluding steroid dienone is 3. The van der Waals surface area contributed by atoms with Gasteiger partial charge in [0.25, 0.3) is 0 Å². The van der Waals surface area contributed by atoms with Crippen molar-refractivity contribution in [2.75, 3.05) is 0 Å². The molecule has 3 heteroatoms. The first-order chi connectivity index (χ1) is 3.93. The molecular weight excluding hydrogens is 276 g/mol. The summed E-state index contributed by atoms with van der Waals surface area (Å²) < 4.78 is 13.1. The van der Waals surface area contributed by atoms with E-state index in [1.165, 1.54) is 0 Å².